The molecule has 0 unspecified atom stereocenters. The summed E-state index contributed by atoms with van der Waals surface area (Å²) in [5.74, 6) is 0.852. The first-order valence-electron chi connectivity index (χ1n) is 7.92. The van der Waals surface area contributed by atoms with Crippen molar-refractivity contribution in [3.8, 4) is 15.6 Å². The number of amides is 1. The zero-order valence-corrected chi connectivity index (χ0v) is 16.1. The van der Waals surface area contributed by atoms with Crippen LogP contribution in [0.15, 0.2) is 41.1 Å². The highest BCUT2D eigenvalue weighted by Gasteiger charge is 2.15. The van der Waals surface area contributed by atoms with Gasteiger partial charge in [0.2, 0.25) is 5.91 Å². The maximum absolute atomic E-state index is 12.5. The van der Waals surface area contributed by atoms with Gasteiger partial charge in [0, 0.05) is 24.5 Å². The summed E-state index contributed by atoms with van der Waals surface area (Å²) in [6.45, 7) is 2.55. The van der Waals surface area contributed by atoms with Crippen LogP contribution in [-0.4, -0.2) is 29.9 Å². The van der Waals surface area contributed by atoms with E-state index in [1.807, 2.05) is 49.0 Å². The molecule has 0 aliphatic rings. The highest BCUT2D eigenvalue weighted by atomic mass is 32.1. The van der Waals surface area contributed by atoms with Gasteiger partial charge in [-0.2, -0.15) is 0 Å². The van der Waals surface area contributed by atoms with Crippen molar-refractivity contribution >= 4 is 28.6 Å². The molecule has 0 bridgehead atoms. The Hall–Kier alpha value is -2.18. The Morgan fingerprint density at radius 3 is 2.84 bits per heavy atom. The van der Waals surface area contributed by atoms with E-state index in [2.05, 4.69) is 11.1 Å². The minimum Gasteiger partial charge on any atom is -0.496 e. The molecule has 1 aromatic carbocycles. The molecule has 25 heavy (non-hydrogen) atoms. The van der Waals surface area contributed by atoms with E-state index in [-0.39, 0.29) is 5.91 Å². The molecule has 0 saturated carbocycles. The lowest BCUT2D eigenvalue weighted by atomic mass is 10.1. The van der Waals surface area contributed by atoms with Gasteiger partial charge in [-0.15, -0.1) is 22.7 Å². The zero-order chi connectivity index (χ0) is 17.8. The SMILES string of the molecule is COc1ccc(C)cc1CN(C)C(=O)Cc1csc(-c2cccs2)n1. The molecule has 0 atom stereocenters. The number of nitrogens with zero attached hydrogens (tertiary/aromatic N) is 2. The Morgan fingerprint density at radius 1 is 1.28 bits per heavy atom. The normalized spacial score (nSPS) is 10.7. The topological polar surface area (TPSA) is 42.4 Å². The molecule has 0 radical (unpaired) electrons. The number of hydrogen-bond acceptors (Lipinski definition) is 5. The van der Waals surface area contributed by atoms with Gasteiger partial charge in [-0.1, -0.05) is 23.8 Å². The highest BCUT2D eigenvalue weighted by molar-refractivity contribution is 7.20. The van der Waals surface area contributed by atoms with E-state index in [1.165, 1.54) is 0 Å². The maximum Gasteiger partial charge on any atom is 0.228 e. The van der Waals surface area contributed by atoms with Crippen LogP contribution in [0, 0.1) is 6.92 Å². The van der Waals surface area contributed by atoms with Gasteiger partial charge < -0.3 is 9.64 Å². The minimum atomic E-state index is 0.0478. The Balaban J connectivity index is 1.66. The van der Waals surface area contributed by atoms with Crippen molar-refractivity contribution in [2.45, 2.75) is 19.9 Å². The second kappa shape index (κ2) is 7.80. The first kappa shape index (κ1) is 17.6. The second-order valence-corrected chi connectivity index (χ2v) is 7.67. The van der Waals surface area contributed by atoms with Gasteiger partial charge in [0.05, 0.1) is 24.1 Å². The lowest BCUT2D eigenvalue weighted by molar-refractivity contribution is -0.129. The van der Waals surface area contributed by atoms with Crippen molar-refractivity contribution in [2.75, 3.05) is 14.2 Å². The van der Waals surface area contributed by atoms with Crippen LogP contribution in [0.25, 0.3) is 9.88 Å². The molecular weight excluding hydrogens is 352 g/mol. The molecule has 1 amide bonds. The van der Waals surface area contributed by atoms with E-state index >= 15 is 0 Å². The number of carbonyl (C=O) groups is 1. The van der Waals surface area contributed by atoms with E-state index in [0.29, 0.717) is 13.0 Å². The molecule has 0 spiro atoms. The third-order valence-corrected chi connectivity index (χ3v) is 5.82. The number of likely N-dealkylation sites (N-methyl/N-ethyl adjacent to an activating group) is 1. The van der Waals surface area contributed by atoms with Crippen molar-refractivity contribution < 1.29 is 9.53 Å². The fraction of sp³-hybridized carbons (Fsp3) is 0.263. The van der Waals surface area contributed by atoms with E-state index < -0.39 is 0 Å². The van der Waals surface area contributed by atoms with Crippen molar-refractivity contribution in [1.29, 1.82) is 0 Å². The molecule has 2 heterocycles. The Bertz CT molecular complexity index is 856. The summed E-state index contributed by atoms with van der Waals surface area (Å²) in [7, 11) is 3.47. The first-order valence-corrected chi connectivity index (χ1v) is 9.68. The van der Waals surface area contributed by atoms with Crippen molar-refractivity contribution in [3.63, 3.8) is 0 Å². The van der Waals surface area contributed by atoms with Crippen LogP contribution in [0.5, 0.6) is 5.75 Å². The number of thiazole rings is 1. The largest absolute Gasteiger partial charge is 0.496 e. The predicted octanol–water partition coefficient (Wildman–Crippen LogP) is 4.39. The number of thiophene rings is 1. The number of benzene rings is 1. The van der Waals surface area contributed by atoms with E-state index in [0.717, 1.165) is 32.5 Å². The average molecular weight is 373 g/mol. The molecule has 0 N–H and O–H groups in total. The molecule has 3 aromatic rings. The lowest BCUT2D eigenvalue weighted by Crippen LogP contribution is -2.28. The fourth-order valence-electron chi connectivity index (χ4n) is 2.57. The first-order chi connectivity index (χ1) is 12.1. The van der Waals surface area contributed by atoms with Crippen LogP contribution in [-0.2, 0) is 17.8 Å². The predicted molar refractivity (Wildman–Crippen MR) is 103 cm³/mol. The summed E-state index contributed by atoms with van der Waals surface area (Å²) in [5.41, 5.74) is 2.98. The molecule has 4 nitrogen and oxygen atoms in total. The van der Waals surface area contributed by atoms with Crippen molar-refractivity contribution in [3.05, 3.63) is 57.9 Å². The van der Waals surface area contributed by atoms with Crippen LogP contribution in [0.3, 0.4) is 0 Å². The van der Waals surface area contributed by atoms with Gasteiger partial charge in [0.25, 0.3) is 0 Å². The van der Waals surface area contributed by atoms with Gasteiger partial charge in [0.15, 0.2) is 0 Å². The second-order valence-electron chi connectivity index (χ2n) is 5.86. The molecule has 0 aliphatic heterocycles. The number of ether oxygens (including phenoxy) is 1. The number of hydrogen-bond donors (Lipinski definition) is 0. The molecular formula is C19H20N2O2S2. The number of aromatic nitrogens is 1. The summed E-state index contributed by atoms with van der Waals surface area (Å²) >= 11 is 3.24. The standard InChI is InChI=1S/C19H20N2O2S2/c1-13-6-7-16(23-3)14(9-13)11-21(2)18(22)10-15-12-25-19(20-15)17-5-4-8-24-17/h4-9,12H,10-11H2,1-3H3. The van der Waals surface area contributed by atoms with Crippen LogP contribution >= 0.6 is 22.7 Å². The molecule has 3 rings (SSSR count). The molecule has 0 saturated heterocycles. The maximum atomic E-state index is 12.5. The molecule has 0 aliphatic carbocycles. The lowest BCUT2D eigenvalue weighted by Gasteiger charge is -2.19. The van der Waals surface area contributed by atoms with Gasteiger partial charge >= 0.3 is 0 Å². The van der Waals surface area contributed by atoms with Gasteiger partial charge in [-0.05, 0) is 24.4 Å². The van der Waals surface area contributed by atoms with Crippen molar-refractivity contribution in [1.82, 2.24) is 9.88 Å². The quantitative estimate of drug-likeness (QED) is 0.644. The van der Waals surface area contributed by atoms with Gasteiger partial charge in [-0.3, -0.25) is 4.79 Å². The van der Waals surface area contributed by atoms with Crippen LogP contribution in [0.2, 0.25) is 0 Å². The van der Waals surface area contributed by atoms with Crippen LogP contribution in [0.4, 0.5) is 0 Å². The Labute approximate surface area is 155 Å². The summed E-state index contributed by atoms with van der Waals surface area (Å²) in [5, 5.41) is 4.97. The van der Waals surface area contributed by atoms with Crippen molar-refractivity contribution in [2.24, 2.45) is 0 Å². The Morgan fingerprint density at radius 2 is 2.12 bits per heavy atom. The summed E-state index contributed by atoms with van der Waals surface area (Å²) in [6.07, 6.45) is 0.312. The number of carbonyl (C=O) groups excluding carboxylic acids is 1. The highest BCUT2D eigenvalue weighted by Crippen LogP contribution is 2.28. The van der Waals surface area contributed by atoms with Crippen LogP contribution < -0.4 is 4.74 Å². The fourth-order valence-corrected chi connectivity index (χ4v) is 4.20. The van der Waals surface area contributed by atoms with Gasteiger partial charge in [0.1, 0.15) is 10.8 Å². The van der Waals surface area contributed by atoms with E-state index in [9.17, 15) is 4.79 Å². The molecule has 6 heteroatoms. The third-order valence-electron chi connectivity index (χ3n) is 3.89. The zero-order valence-electron chi connectivity index (χ0n) is 14.5. The van der Waals surface area contributed by atoms with Crippen LogP contribution in [0.1, 0.15) is 16.8 Å². The number of aryl methyl sites for hydroxylation is 1. The minimum absolute atomic E-state index is 0.0478. The van der Waals surface area contributed by atoms with Gasteiger partial charge in [-0.25, -0.2) is 4.98 Å². The smallest absolute Gasteiger partial charge is 0.228 e. The number of rotatable bonds is 6. The molecule has 0 fully saturated rings. The Kier molecular flexibility index (Phi) is 5.50. The summed E-state index contributed by atoms with van der Waals surface area (Å²) < 4.78 is 5.40. The summed E-state index contributed by atoms with van der Waals surface area (Å²) in [4.78, 5) is 20.0. The third kappa shape index (κ3) is 4.27. The summed E-state index contributed by atoms with van der Waals surface area (Å²) in [6, 6.07) is 10.1. The number of methoxy groups -OCH3 is 1. The monoisotopic (exact) mass is 372 g/mol. The average Bonchev–Trinajstić information content (AvgIpc) is 3.26. The molecule has 2 aromatic heterocycles. The van der Waals surface area contributed by atoms with E-state index in [4.69, 9.17) is 4.74 Å². The van der Waals surface area contributed by atoms with E-state index in [1.54, 1.807) is 34.7 Å². The molecule has 130 valence electrons.